The Kier molecular flexibility index (Phi) is 3.20. The van der Waals surface area contributed by atoms with Crippen LogP contribution < -0.4 is 11.1 Å². The number of carbonyl (C=O) groups excluding carboxylic acids is 1. The van der Waals surface area contributed by atoms with E-state index < -0.39 is 0 Å². The van der Waals surface area contributed by atoms with Gasteiger partial charge in [0, 0.05) is 14.6 Å². The number of carbonyl (C=O) groups is 1. The van der Waals surface area contributed by atoms with E-state index >= 15 is 0 Å². The zero-order valence-electron chi connectivity index (χ0n) is 11.3. The van der Waals surface area contributed by atoms with Gasteiger partial charge in [-0.2, -0.15) is 0 Å². The van der Waals surface area contributed by atoms with E-state index in [9.17, 15) is 4.79 Å². The van der Waals surface area contributed by atoms with Crippen LogP contribution in [0.1, 0.15) is 28.9 Å². The number of benzene rings is 1. The molecule has 6 heteroatoms. The van der Waals surface area contributed by atoms with E-state index in [2.05, 4.69) is 21.2 Å². The second-order valence-corrected chi connectivity index (χ2v) is 7.64. The number of ether oxygens (including phenoxy) is 1. The molecule has 0 spiro atoms. The van der Waals surface area contributed by atoms with Gasteiger partial charge in [-0.3, -0.25) is 4.79 Å². The van der Waals surface area contributed by atoms with Gasteiger partial charge in [-0.05, 0) is 31.4 Å². The molecule has 1 amide bonds. The van der Waals surface area contributed by atoms with Gasteiger partial charge in [0.05, 0.1) is 23.9 Å². The third-order valence-electron chi connectivity index (χ3n) is 4.32. The predicted octanol–water partition coefficient (Wildman–Crippen LogP) is 3.30. The van der Waals surface area contributed by atoms with Crippen LogP contribution in [0.3, 0.4) is 0 Å². The largest absolute Gasteiger partial charge is 0.397 e. The number of nitrogens with one attached hydrogen (secondary N) is 1. The smallest absolute Gasteiger partial charge is 0.263 e. The van der Waals surface area contributed by atoms with Crippen molar-refractivity contribution in [1.82, 2.24) is 5.32 Å². The van der Waals surface area contributed by atoms with Crippen LogP contribution in [0.5, 0.6) is 0 Å². The van der Waals surface area contributed by atoms with Crippen molar-refractivity contribution in [2.75, 3.05) is 5.73 Å². The number of amides is 1. The minimum Gasteiger partial charge on any atom is -0.397 e. The van der Waals surface area contributed by atoms with E-state index in [1.54, 1.807) is 0 Å². The lowest BCUT2D eigenvalue weighted by atomic mass is 9.95. The minimum absolute atomic E-state index is 0.0778. The number of nitrogen functional groups attached to an aromatic ring is 1. The molecule has 3 atom stereocenters. The van der Waals surface area contributed by atoms with Crippen molar-refractivity contribution >= 4 is 48.9 Å². The zero-order chi connectivity index (χ0) is 14.6. The van der Waals surface area contributed by atoms with E-state index in [4.69, 9.17) is 10.5 Å². The summed E-state index contributed by atoms with van der Waals surface area (Å²) >= 11 is 4.89. The zero-order valence-corrected chi connectivity index (χ0v) is 13.7. The van der Waals surface area contributed by atoms with Crippen molar-refractivity contribution in [2.45, 2.75) is 37.5 Å². The fraction of sp³-hybridized carbons (Fsp3) is 0.400. The fourth-order valence-corrected chi connectivity index (χ4v) is 4.86. The van der Waals surface area contributed by atoms with Gasteiger partial charge in [-0.1, -0.05) is 22.0 Å². The average Bonchev–Trinajstić information content (AvgIpc) is 3.13. The van der Waals surface area contributed by atoms with E-state index in [1.165, 1.54) is 11.3 Å². The highest BCUT2D eigenvalue weighted by atomic mass is 79.9. The summed E-state index contributed by atoms with van der Waals surface area (Å²) in [4.78, 5) is 13.1. The van der Waals surface area contributed by atoms with Crippen LogP contribution >= 0.6 is 27.3 Å². The second-order valence-electron chi connectivity index (χ2n) is 5.67. The number of hydrogen-bond acceptors (Lipinski definition) is 4. The molecule has 0 radical (unpaired) electrons. The monoisotopic (exact) mass is 366 g/mol. The Hall–Kier alpha value is -1.11. The Labute approximate surface area is 134 Å². The maximum Gasteiger partial charge on any atom is 0.263 e. The van der Waals surface area contributed by atoms with Crippen molar-refractivity contribution in [3.8, 4) is 0 Å². The van der Waals surface area contributed by atoms with Crippen molar-refractivity contribution in [3.63, 3.8) is 0 Å². The summed E-state index contributed by atoms with van der Waals surface area (Å²) in [6.45, 7) is 0. The highest BCUT2D eigenvalue weighted by Crippen LogP contribution is 2.37. The Morgan fingerprint density at radius 1 is 1.43 bits per heavy atom. The maximum absolute atomic E-state index is 12.5. The highest BCUT2D eigenvalue weighted by Gasteiger charge is 2.41. The van der Waals surface area contributed by atoms with E-state index in [0.717, 1.165) is 33.8 Å². The third-order valence-corrected chi connectivity index (χ3v) is 5.98. The molecule has 0 saturated carbocycles. The van der Waals surface area contributed by atoms with Crippen LogP contribution in [0.2, 0.25) is 0 Å². The number of thiophene rings is 1. The summed E-state index contributed by atoms with van der Waals surface area (Å²) in [6, 6.07) is 6.01. The molecule has 0 aliphatic carbocycles. The minimum atomic E-state index is -0.0778. The SMILES string of the molecule is Nc1c(C(=O)NC2CC3CCC2O3)sc2cc(Br)ccc12. The van der Waals surface area contributed by atoms with Crippen LogP contribution in [0, 0.1) is 0 Å². The Morgan fingerprint density at radius 2 is 2.29 bits per heavy atom. The number of anilines is 1. The van der Waals surface area contributed by atoms with Crippen molar-refractivity contribution in [1.29, 1.82) is 0 Å². The third kappa shape index (κ3) is 2.25. The molecule has 4 nitrogen and oxygen atoms in total. The molecule has 110 valence electrons. The topological polar surface area (TPSA) is 64.4 Å². The molecule has 2 saturated heterocycles. The average molecular weight is 367 g/mol. The molecule has 3 N–H and O–H groups in total. The molecule has 1 aromatic carbocycles. The summed E-state index contributed by atoms with van der Waals surface area (Å²) in [5, 5.41) is 4.04. The van der Waals surface area contributed by atoms with Crippen LogP contribution in [-0.2, 0) is 4.74 Å². The second kappa shape index (κ2) is 4.97. The van der Waals surface area contributed by atoms with Crippen LogP contribution in [0.15, 0.2) is 22.7 Å². The Morgan fingerprint density at radius 3 is 3.00 bits per heavy atom. The maximum atomic E-state index is 12.5. The van der Waals surface area contributed by atoms with E-state index in [-0.39, 0.29) is 18.1 Å². The first-order valence-corrected chi connectivity index (χ1v) is 8.66. The molecule has 21 heavy (non-hydrogen) atoms. The summed E-state index contributed by atoms with van der Waals surface area (Å²) in [5.41, 5.74) is 6.72. The Bertz CT molecular complexity index is 730. The van der Waals surface area contributed by atoms with Crippen molar-refractivity contribution in [2.24, 2.45) is 0 Å². The van der Waals surface area contributed by atoms with Gasteiger partial charge >= 0.3 is 0 Å². The van der Waals surface area contributed by atoms with E-state index in [0.29, 0.717) is 16.7 Å². The molecular formula is C15H15BrN2O2S. The lowest BCUT2D eigenvalue weighted by molar-refractivity contribution is 0.0844. The normalized spacial score (nSPS) is 27.4. The van der Waals surface area contributed by atoms with Crippen LogP contribution in [0.25, 0.3) is 10.1 Å². The number of halogens is 1. The first-order valence-electron chi connectivity index (χ1n) is 7.05. The first-order chi connectivity index (χ1) is 10.1. The summed E-state index contributed by atoms with van der Waals surface area (Å²) < 4.78 is 7.79. The standard InChI is InChI=1S/C15H15BrN2O2S/c16-7-1-3-9-12(5-7)21-14(13(9)17)15(19)18-10-6-8-2-4-11(10)20-8/h1,3,5,8,10-11H,2,4,6,17H2,(H,18,19). The fourth-order valence-electron chi connectivity index (χ4n) is 3.28. The molecule has 3 unspecified atom stereocenters. The van der Waals surface area contributed by atoms with Crippen LogP contribution in [-0.4, -0.2) is 24.2 Å². The number of fused-ring (bicyclic) bond motifs is 3. The van der Waals surface area contributed by atoms with Gasteiger partial charge in [-0.15, -0.1) is 11.3 Å². The Balaban J connectivity index is 1.60. The van der Waals surface area contributed by atoms with Crippen LogP contribution in [0.4, 0.5) is 5.69 Å². The lowest BCUT2D eigenvalue weighted by Gasteiger charge is -2.19. The van der Waals surface area contributed by atoms with Gasteiger partial charge in [-0.25, -0.2) is 0 Å². The van der Waals surface area contributed by atoms with Gasteiger partial charge < -0.3 is 15.8 Å². The number of nitrogens with two attached hydrogens (primary N) is 1. The van der Waals surface area contributed by atoms with Crippen molar-refractivity contribution in [3.05, 3.63) is 27.5 Å². The molecule has 4 rings (SSSR count). The number of hydrogen-bond donors (Lipinski definition) is 2. The van der Waals surface area contributed by atoms with Crippen molar-refractivity contribution < 1.29 is 9.53 Å². The van der Waals surface area contributed by atoms with Gasteiger partial charge in [0.1, 0.15) is 4.88 Å². The van der Waals surface area contributed by atoms with Gasteiger partial charge in [0.15, 0.2) is 0 Å². The quantitative estimate of drug-likeness (QED) is 0.856. The molecule has 2 fully saturated rings. The highest BCUT2D eigenvalue weighted by molar-refractivity contribution is 9.10. The molecule has 2 aromatic rings. The predicted molar refractivity (Wildman–Crippen MR) is 87.7 cm³/mol. The molecular weight excluding hydrogens is 352 g/mol. The lowest BCUT2D eigenvalue weighted by Crippen LogP contribution is -2.41. The molecule has 3 heterocycles. The van der Waals surface area contributed by atoms with E-state index in [1.807, 2.05) is 18.2 Å². The summed E-state index contributed by atoms with van der Waals surface area (Å²) in [6.07, 6.45) is 3.60. The molecule has 2 aliphatic rings. The molecule has 2 bridgehead atoms. The number of rotatable bonds is 2. The first kappa shape index (κ1) is 13.5. The van der Waals surface area contributed by atoms with Gasteiger partial charge in [0.2, 0.25) is 0 Å². The molecule has 1 aromatic heterocycles. The molecule has 2 aliphatic heterocycles. The summed E-state index contributed by atoms with van der Waals surface area (Å²) in [7, 11) is 0. The summed E-state index contributed by atoms with van der Waals surface area (Å²) in [5.74, 6) is -0.0778. The van der Waals surface area contributed by atoms with Gasteiger partial charge in [0.25, 0.3) is 5.91 Å².